The van der Waals surface area contributed by atoms with E-state index >= 15 is 0 Å². The number of carbonyl (C=O) groups excluding carboxylic acids is 2. The van der Waals surface area contributed by atoms with Gasteiger partial charge in [-0.1, -0.05) is 49.7 Å². The van der Waals surface area contributed by atoms with Gasteiger partial charge in [0.2, 0.25) is 0 Å². The number of hydrogen-bond donors (Lipinski definition) is 0. The van der Waals surface area contributed by atoms with E-state index in [1.54, 1.807) is 11.2 Å². The van der Waals surface area contributed by atoms with Crippen molar-refractivity contribution in [2.75, 3.05) is 26.8 Å². The molecule has 4 aromatic rings. The number of hydrogen-bond acceptors (Lipinski definition) is 7. The molecule has 216 valence electrons. The molecule has 0 unspecified atom stereocenters. The number of ether oxygens (including phenoxy) is 3. The molecule has 8 nitrogen and oxygen atoms in total. The van der Waals surface area contributed by atoms with Crippen LogP contribution in [0.25, 0.3) is 16.0 Å². The number of thiophene rings is 1. The Balaban J connectivity index is 1.38. The lowest BCUT2D eigenvalue weighted by Crippen LogP contribution is -2.38. The van der Waals surface area contributed by atoms with Crippen LogP contribution in [-0.2, 0) is 9.47 Å². The topological polar surface area (TPSA) is 82.9 Å². The molecule has 1 fully saturated rings. The highest BCUT2D eigenvalue weighted by Crippen LogP contribution is 2.38. The number of halogens is 1. The minimum absolute atomic E-state index is 0.230. The van der Waals surface area contributed by atoms with Gasteiger partial charge in [0.25, 0.3) is 0 Å². The second kappa shape index (κ2) is 12.5. The van der Waals surface area contributed by atoms with Crippen molar-refractivity contribution in [3.05, 3.63) is 75.9 Å². The molecule has 0 saturated carbocycles. The zero-order chi connectivity index (χ0) is 29.1. The largest absolute Gasteiger partial charge is 0.484 e. The smallest absolute Gasteiger partial charge is 0.409 e. The first-order chi connectivity index (χ1) is 19.7. The maximum atomic E-state index is 12.7. The second-order valence-electron chi connectivity index (χ2n) is 10.6. The fourth-order valence-corrected chi connectivity index (χ4v) is 6.32. The Hall–Kier alpha value is -3.56. The van der Waals surface area contributed by atoms with Crippen LogP contribution in [0.15, 0.2) is 54.9 Å². The maximum absolute atomic E-state index is 12.7. The zero-order valence-corrected chi connectivity index (χ0v) is 25.2. The molecule has 2 aromatic carbocycles. The molecule has 0 spiro atoms. The summed E-state index contributed by atoms with van der Waals surface area (Å²) in [4.78, 5) is 31.9. The number of likely N-dealkylation sites (tertiary alicyclic amines) is 1. The summed E-state index contributed by atoms with van der Waals surface area (Å²) in [5, 5.41) is 1.38. The molecule has 1 amide bonds. The van der Waals surface area contributed by atoms with Gasteiger partial charge in [-0.3, -0.25) is 4.57 Å². The van der Waals surface area contributed by atoms with Crippen molar-refractivity contribution in [3.63, 3.8) is 0 Å². The fourth-order valence-electron chi connectivity index (χ4n) is 5.04. The summed E-state index contributed by atoms with van der Waals surface area (Å²) in [7, 11) is 1.36. The van der Waals surface area contributed by atoms with E-state index < -0.39 is 5.97 Å². The molecule has 0 N–H and O–H groups in total. The number of carbonyl (C=O) groups is 2. The van der Waals surface area contributed by atoms with E-state index in [2.05, 4.69) is 17.1 Å². The molecule has 2 aromatic heterocycles. The quantitative estimate of drug-likeness (QED) is 0.195. The van der Waals surface area contributed by atoms with Crippen LogP contribution in [0.3, 0.4) is 0 Å². The number of methoxy groups -OCH3 is 1. The molecular formula is C31H34ClN3O5S. The first-order valence-electron chi connectivity index (χ1n) is 13.8. The Morgan fingerprint density at radius 3 is 2.56 bits per heavy atom. The number of aromatic nitrogens is 2. The van der Waals surface area contributed by atoms with Gasteiger partial charge in [-0.15, -0.1) is 11.3 Å². The third-order valence-electron chi connectivity index (χ3n) is 7.28. The van der Waals surface area contributed by atoms with Gasteiger partial charge >= 0.3 is 12.1 Å². The van der Waals surface area contributed by atoms with E-state index in [1.807, 2.05) is 61.7 Å². The standard InChI is InChI=1S/C31H34ClN3O5S/c1-19(2)17-39-31(37)34-13-11-21(12-14-34)22-9-10-25-26(15-22)35(18-33-25)28-16-27(29(41-28)30(36)38-4)40-20(3)23-7-5-6-8-24(23)32/h5-10,15-16,18-21H,11-14,17H2,1-4H3/t20-/m1/s1. The molecule has 1 atom stereocenters. The summed E-state index contributed by atoms with van der Waals surface area (Å²) < 4.78 is 18.7. The van der Waals surface area contributed by atoms with Crippen molar-refractivity contribution in [1.82, 2.24) is 14.5 Å². The molecule has 41 heavy (non-hydrogen) atoms. The number of esters is 1. The summed E-state index contributed by atoms with van der Waals surface area (Å²) in [5.74, 6) is 0.597. The molecule has 3 heterocycles. The normalized spacial score (nSPS) is 14.8. The second-order valence-corrected chi connectivity index (χ2v) is 12.1. The van der Waals surface area contributed by atoms with Crippen LogP contribution in [0.4, 0.5) is 4.79 Å². The molecular weight excluding hydrogens is 562 g/mol. The third-order valence-corrected chi connectivity index (χ3v) is 8.72. The minimum atomic E-state index is -0.466. The van der Waals surface area contributed by atoms with Gasteiger partial charge in [-0.2, -0.15) is 0 Å². The number of rotatable bonds is 8. The van der Waals surface area contributed by atoms with Gasteiger partial charge in [-0.25, -0.2) is 14.6 Å². The van der Waals surface area contributed by atoms with E-state index in [0.29, 0.717) is 47.2 Å². The average Bonchev–Trinajstić information content (AvgIpc) is 3.59. The van der Waals surface area contributed by atoms with Crippen molar-refractivity contribution in [2.24, 2.45) is 5.92 Å². The van der Waals surface area contributed by atoms with Crippen molar-refractivity contribution >= 4 is 46.0 Å². The predicted octanol–water partition coefficient (Wildman–Crippen LogP) is 7.64. The van der Waals surface area contributed by atoms with E-state index in [9.17, 15) is 9.59 Å². The first-order valence-corrected chi connectivity index (χ1v) is 15.0. The van der Waals surface area contributed by atoms with Gasteiger partial charge in [0, 0.05) is 29.7 Å². The highest BCUT2D eigenvalue weighted by Gasteiger charge is 2.26. The molecule has 1 aliphatic heterocycles. The van der Waals surface area contributed by atoms with E-state index in [0.717, 1.165) is 34.4 Å². The van der Waals surface area contributed by atoms with Crippen molar-refractivity contribution in [3.8, 4) is 10.8 Å². The van der Waals surface area contributed by atoms with Crippen LogP contribution >= 0.6 is 22.9 Å². The van der Waals surface area contributed by atoms with Crippen LogP contribution in [0.2, 0.25) is 5.02 Å². The summed E-state index contributed by atoms with van der Waals surface area (Å²) in [6.07, 6.45) is 2.87. The van der Waals surface area contributed by atoms with Crippen molar-refractivity contribution < 1.29 is 23.8 Å². The van der Waals surface area contributed by atoms with E-state index in [4.69, 9.17) is 25.8 Å². The molecule has 10 heteroatoms. The van der Waals surface area contributed by atoms with Crippen LogP contribution in [0.5, 0.6) is 5.75 Å². The van der Waals surface area contributed by atoms with E-state index in [-0.39, 0.29) is 12.2 Å². The number of piperidine rings is 1. The average molecular weight is 596 g/mol. The summed E-state index contributed by atoms with van der Waals surface area (Å²) in [5.41, 5.74) is 3.81. The van der Waals surface area contributed by atoms with Crippen LogP contribution < -0.4 is 4.74 Å². The van der Waals surface area contributed by atoms with Gasteiger partial charge in [0.1, 0.15) is 23.2 Å². The van der Waals surface area contributed by atoms with Crippen molar-refractivity contribution in [2.45, 2.75) is 45.6 Å². The minimum Gasteiger partial charge on any atom is -0.484 e. The molecule has 0 bridgehead atoms. The van der Waals surface area contributed by atoms with Crippen LogP contribution in [0.1, 0.15) is 66.4 Å². The maximum Gasteiger partial charge on any atom is 0.409 e. The lowest BCUT2D eigenvalue weighted by Gasteiger charge is -2.31. The molecule has 1 aliphatic rings. The highest BCUT2D eigenvalue weighted by atomic mass is 35.5. The fraction of sp³-hybridized carbons (Fsp3) is 0.387. The lowest BCUT2D eigenvalue weighted by atomic mass is 9.89. The predicted molar refractivity (Wildman–Crippen MR) is 161 cm³/mol. The Kier molecular flexibility index (Phi) is 8.85. The first kappa shape index (κ1) is 29.0. The molecule has 1 saturated heterocycles. The summed E-state index contributed by atoms with van der Waals surface area (Å²) >= 11 is 7.68. The monoisotopic (exact) mass is 595 g/mol. The van der Waals surface area contributed by atoms with Crippen LogP contribution in [0, 0.1) is 5.92 Å². The summed E-state index contributed by atoms with van der Waals surface area (Å²) in [6.45, 7) is 7.72. The van der Waals surface area contributed by atoms with Gasteiger partial charge in [0.05, 0.1) is 24.8 Å². The summed E-state index contributed by atoms with van der Waals surface area (Å²) in [6, 6.07) is 15.6. The number of benzene rings is 2. The van der Waals surface area contributed by atoms with Crippen molar-refractivity contribution in [1.29, 1.82) is 0 Å². The molecule has 0 radical (unpaired) electrons. The number of fused-ring (bicyclic) bond motifs is 1. The number of imidazole rings is 1. The third kappa shape index (κ3) is 6.36. The molecule has 5 rings (SSSR count). The number of nitrogens with zero attached hydrogens (tertiary/aromatic N) is 3. The SMILES string of the molecule is COC(=O)c1sc(-n2cnc3ccc(C4CCN(C(=O)OCC(C)C)CC4)cc32)cc1O[C@H](C)c1ccccc1Cl. The van der Waals surface area contributed by atoms with E-state index in [1.165, 1.54) is 24.0 Å². The highest BCUT2D eigenvalue weighted by molar-refractivity contribution is 7.16. The van der Waals surface area contributed by atoms with Crippen LogP contribution in [-0.4, -0.2) is 53.3 Å². The van der Waals surface area contributed by atoms with Gasteiger partial charge in [0.15, 0.2) is 4.88 Å². The Labute approximate surface area is 248 Å². The number of amides is 1. The zero-order valence-electron chi connectivity index (χ0n) is 23.6. The Morgan fingerprint density at radius 1 is 1.10 bits per heavy atom. The Bertz CT molecular complexity index is 1540. The lowest BCUT2D eigenvalue weighted by molar-refractivity contribution is 0.0599. The van der Waals surface area contributed by atoms with Gasteiger partial charge < -0.3 is 19.1 Å². The van der Waals surface area contributed by atoms with Gasteiger partial charge in [-0.05, 0) is 55.4 Å². The molecule has 0 aliphatic carbocycles. The Morgan fingerprint density at radius 2 is 1.85 bits per heavy atom.